The van der Waals surface area contributed by atoms with Crippen LogP contribution < -0.4 is 11.2 Å². The molecule has 0 aliphatic rings. The van der Waals surface area contributed by atoms with Gasteiger partial charge in [-0.05, 0) is 38.3 Å². The first-order valence-corrected chi connectivity index (χ1v) is 11.7. The molecule has 4 unspecified atom stereocenters. The van der Waals surface area contributed by atoms with E-state index < -0.39 is 0 Å². The molecule has 188 valence electrons. The van der Waals surface area contributed by atoms with Gasteiger partial charge in [0.05, 0.1) is 24.7 Å². The first-order valence-electron chi connectivity index (χ1n) is 11.7. The Morgan fingerprint density at radius 2 is 1.69 bits per heavy atom. The van der Waals surface area contributed by atoms with Crippen LogP contribution in [0.3, 0.4) is 0 Å². The fraction of sp³-hybridized carbons (Fsp3) is 0.870. The minimum atomic E-state index is -0.380. The zero-order chi connectivity index (χ0) is 24.8. The van der Waals surface area contributed by atoms with Gasteiger partial charge in [0, 0.05) is 34.2 Å². The van der Waals surface area contributed by atoms with Crippen LogP contribution in [0.2, 0.25) is 0 Å². The number of nitrogens with two attached hydrogens (primary N) is 1. The van der Waals surface area contributed by atoms with E-state index in [1.54, 1.807) is 24.1 Å². The molecule has 9 heteroatoms. The number of hydrogen-bond donors (Lipinski definition) is 2. The fourth-order valence-corrected chi connectivity index (χ4v) is 4.14. The predicted octanol–water partition coefficient (Wildman–Crippen LogP) is 1.12. The summed E-state index contributed by atoms with van der Waals surface area (Å²) in [6.07, 6.45) is 3.38. The lowest BCUT2D eigenvalue weighted by Crippen LogP contribution is -2.54. The highest BCUT2D eigenvalue weighted by molar-refractivity contribution is 5.87. The van der Waals surface area contributed by atoms with Crippen LogP contribution in [0.4, 0.5) is 0 Å². The predicted molar refractivity (Wildman–Crippen MR) is 128 cm³/mol. The van der Waals surface area contributed by atoms with Gasteiger partial charge in [-0.2, -0.15) is 0 Å². The minimum Gasteiger partial charge on any atom is -0.379 e. The Morgan fingerprint density at radius 1 is 1.09 bits per heavy atom. The molecular formula is C23H47N5O4. The van der Waals surface area contributed by atoms with Crippen molar-refractivity contribution in [3.63, 3.8) is 0 Å². The molecule has 0 fully saturated rings. The number of amides is 2. The minimum absolute atomic E-state index is 0.0885. The number of aldehydes is 1. The van der Waals surface area contributed by atoms with E-state index in [1.165, 1.54) is 0 Å². The van der Waals surface area contributed by atoms with Gasteiger partial charge in [-0.1, -0.05) is 34.1 Å². The molecule has 0 aliphatic heterocycles. The van der Waals surface area contributed by atoms with E-state index in [2.05, 4.69) is 5.32 Å². The van der Waals surface area contributed by atoms with Crippen LogP contribution in [-0.2, 0) is 19.1 Å². The number of nitrogens with zero attached hydrogens (tertiary/aromatic N) is 3. The molecular weight excluding hydrogens is 410 g/mol. The van der Waals surface area contributed by atoms with E-state index in [0.717, 1.165) is 38.6 Å². The first kappa shape index (κ1) is 30.4. The Kier molecular flexibility index (Phi) is 15.3. The summed E-state index contributed by atoms with van der Waals surface area (Å²) in [6, 6.07) is -0.570. The summed E-state index contributed by atoms with van der Waals surface area (Å²) in [7, 11) is 7.04. The maximum absolute atomic E-state index is 12.9. The molecule has 32 heavy (non-hydrogen) atoms. The molecule has 0 aliphatic carbocycles. The monoisotopic (exact) mass is 457 g/mol. The van der Waals surface area contributed by atoms with Crippen molar-refractivity contribution in [3.05, 3.63) is 0 Å². The third-order valence-corrected chi connectivity index (χ3v) is 6.14. The number of rotatable bonds is 17. The lowest BCUT2D eigenvalue weighted by Gasteiger charge is -2.37. The molecule has 2 amide bonds. The SMILES string of the molecule is CCC(C)C(C(CC=O)OC)N(C)C(=O)CNC(=O)C(C(C)C)N(C)CCCCN(C)N. The zero-order valence-corrected chi connectivity index (χ0v) is 21.5. The molecule has 0 aromatic carbocycles. The van der Waals surface area contributed by atoms with E-state index in [0.29, 0.717) is 0 Å². The van der Waals surface area contributed by atoms with Crippen molar-refractivity contribution in [2.24, 2.45) is 17.7 Å². The summed E-state index contributed by atoms with van der Waals surface area (Å²) in [5.74, 6) is 5.53. The summed E-state index contributed by atoms with van der Waals surface area (Å²) >= 11 is 0. The highest BCUT2D eigenvalue weighted by atomic mass is 16.5. The molecule has 0 saturated carbocycles. The Morgan fingerprint density at radius 3 is 2.16 bits per heavy atom. The number of hydrazine groups is 1. The van der Waals surface area contributed by atoms with Crippen molar-refractivity contribution < 1.29 is 19.1 Å². The molecule has 0 aromatic rings. The summed E-state index contributed by atoms with van der Waals surface area (Å²) in [5.41, 5.74) is 0. The molecule has 0 radical (unpaired) electrons. The van der Waals surface area contributed by atoms with Gasteiger partial charge in [-0.25, -0.2) is 0 Å². The van der Waals surface area contributed by atoms with E-state index in [1.807, 2.05) is 46.7 Å². The Labute approximate surface area is 195 Å². The summed E-state index contributed by atoms with van der Waals surface area (Å²) in [6.45, 7) is 9.57. The standard InChI is InChI=1S/C23H47N5O4/c1-9-18(4)22(19(32-8)12-15-29)28(7)20(30)16-25-23(31)21(17(2)3)26(5)13-10-11-14-27(6)24/h15,17-19,21-22H,9-14,16,24H2,1-8H3,(H,25,31). The van der Waals surface area contributed by atoms with Crippen LogP contribution in [0.15, 0.2) is 0 Å². The van der Waals surface area contributed by atoms with Crippen molar-refractivity contribution in [2.75, 3.05) is 47.9 Å². The highest BCUT2D eigenvalue weighted by Crippen LogP contribution is 2.21. The molecule has 0 saturated heterocycles. The zero-order valence-electron chi connectivity index (χ0n) is 21.5. The molecule has 4 atom stereocenters. The second-order valence-electron chi connectivity index (χ2n) is 9.13. The van der Waals surface area contributed by atoms with E-state index in [4.69, 9.17) is 10.6 Å². The lowest BCUT2D eigenvalue weighted by molar-refractivity contribution is -0.139. The number of methoxy groups -OCH3 is 1. The largest absolute Gasteiger partial charge is 0.379 e. The summed E-state index contributed by atoms with van der Waals surface area (Å²) < 4.78 is 5.51. The molecule has 0 rings (SSSR count). The molecule has 9 nitrogen and oxygen atoms in total. The first-order chi connectivity index (χ1) is 15.0. The van der Waals surface area contributed by atoms with Gasteiger partial charge in [-0.15, -0.1) is 0 Å². The maximum atomic E-state index is 12.9. The molecule has 3 N–H and O–H groups in total. The van der Waals surface area contributed by atoms with Crippen LogP contribution in [-0.4, -0.2) is 99.0 Å². The number of unbranched alkanes of at least 4 members (excludes halogenated alkanes) is 1. The quantitative estimate of drug-likeness (QED) is 0.146. The van der Waals surface area contributed by atoms with Gasteiger partial charge < -0.3 is 19.7 Å². The van der Waals surface area contributed by atoms with Gasteiger partial charge in [0.1, 0.15) is 6.29 Å². The van der Waals surface area contributed by atoms with Gasteiger partial charge >= 0.3 is 0 Å². The smallest absolute Gasteiger partial charge is 0.242 e. The average Bonchev–Trinajstić information content (AvgIpc) is 2.73. The van der Waals surface area contributed by atoms with Crippen molar-refractivity contribution in [1.29, 1.82) is 0 Å². The van der Waals surface area contributed by atoms with Crippen LogP contribution in [0, 0.1) is 11.8 Å². The number of likely N-dealkylation sites (N-methyl/N-ethyl adjacent to an activating group) is 2. The van der Waals surface area contributed by atoms with Gasteiger partial charge in [0.15, 0.2) is 0 Å². The van der Waals surface area contributed by atoms with Gasteiger partial charge in [0.25, 0.3) is 0 Å². The molecule has 0 heterocycles. The van der Waals surface area contributed by atoms with E-state index in [9.17, 15) is 14.4 Å². The normalized spacial score (nSPS) is 15.5. The third kappa shape index (κ3) is 10.4. The number of ether oxygens (including phenoxy) is 1. The Bertz CT molecular complexity index is 559. The lowest BCUT2D eigenvalue weighted by atomic mass is 9.91. The van der Waals surface area contributed by atoms with Gasteiger partial charge in [0.2, 0.25) is 11.8 Å². The Hall–Kier alpha value is -1.55. The topological polar surface area (TPSA) is 108 Å². The number of carbonyl (C=O) groups is 3. The molecule has 0 aromatic heterocycles. The fourth-order valence-electron chi connectivity index (χ4n) is 4.14. The maximum Gasteiger partial charge on any atom is 0.242 e. The third-order valence-electron chi connectivity index (χ3n) is 6.14. The number of hydrogen-bond acceptors (Lipinski definition) is 7. The van der Waals surface area contributed by atoms with Crippen molar-refractivity contribution in [2.45, 2.75) is 71.6 Å². The van der Waals surface area contributed by atoms with E-state index >= 15 is 0 Å². The summed E-state index contributed by atoms with van der Waals surface area (Å²) in [4.78, 5) is 40.6. The molecule has 0 spiro atoms. The average molecular weight is 458 g/mol. The molecule has 0 bridgehead atoms. The second-order valence-corrected chi connectivity index (χ2v) is 9.13. The van der Waals surface area contributed by atoms with E-state index in [-0.39, 0.29) is 54.8 Å². The summed E-state index contributed by atoms with van der Waals surface area (Å²) in [5, 5.41) is 4.48. The second kappa shape index (κ2) is 16.1. The Balaban J connectivity index is 5.04. The van der Waals surface area contributed by atoms with Gasteiger partial charge in [-0.3, -0.25) is 25.3 Å². The van der Waals surface area contributed by atoms with Crippen molar-refractivity contribution in [3.8, 4) is 0 Å². The van der Waals surface area contributed by atoms with Crippen LogP contribution in [0.5, 0.6) is 0 Å². The number of carbonyl (C=O) groups excluding carboxylic acids is 3. The number of nitrogens with one attached hydrogen (secondary N) is 1. The van der Waals surface area contributed by atoms with Crippen LogP contribution in [0.25, 0.3) is 0 Å². The van der Waals surface area contributed by atoms with Crippen molar-refractivity contribution >= 4 is 18.1 Å². The van der Waals surface area contributed by atoms with Crippen LogP contribution >= 0.6 is 0 Å². The van der Waals surface area contributed by atoms with Crippen LogP contribution in [0.1, 0.15) is 53.4 Å². The van der Waals surface area contributed by atoms with Crippen molar-refractivity contribution in [1.82, 2.24) is 20.1 Å². The highest BCUT2D eigenvalue weighted by Gasteiger charge is 2.33.